The van der Waals surface area contributed by atoms with Crippen LogP contribution in [0, 0.1) is 0 Å². The van der Waals surface area contributed by atoms with E-state index in [0.29, 0.717) is 34.9 Å². The Morgan fingerprint density at radius 2 is 1.75 bits per heavy atom. The molecule has 0 aromatic heterocycles. The van der Waals surface area contributed by atoms with E-state index in [1.54, 1.807) is 43.5 Å². The van der Waals surface area contributed by atoms with Gasteiger partial charge in [0.1, 0.15) is 16.5 Å². The van der Waals surface area contributed by atoms with E-state index < -0.39 is 10.0 Å². The Kier molecular flexibility index (Phi) is 5.96. The third-order valence-corrected chi connectivity index (χ3v) is 6.39. The van der Waals surface area contributed by atoms with Gasteiger partial charge in [0.05, 0.1) is 12.8 Å². The van der Waals surface area contributed by atoms with Crippen molar-refractivity contribution in [2.45, 2.75) is 24.7 Å². The van der Waals surface area contributed by atoms with Crippen LogP contribution < -0.4 is 15.0 Å². The van der Waals surface area contributed by atoms with Gasteiger partial charge in [-0.15, -0.1) is 4.40 Å². The number of amidine groups is 1. The van der Waals surface area contributed by atoms with E-state index in [4.69, 9.17) is 4.74 Å². The zero-order valence-corrected chi connectivity index (χ0v) is 18.6. The van der Waals surface area contributed by atoms with Gasteiger partial charge in [-0.2, -0.15) is 8.42 Å². The molecule has 1 aliphatic heterocycles. The molecule has 0 radical (unpaired) electrons. The molecule has 0 fully saturated rings. The van der Waals surface area contributed by atoms with Crippen LogP contribution in [0.1, 0.15) is 30.1 Å². The van der Waals surface area contributed by atoms with Gasteiger partial charge in [0.25, 0.3) is 15.9 Å². The lowest BCUT2D eigenvalue weighted by atomic mass is 10.1. The van der Waals surface area contributed by atoms with Crippen LogP contribution in [0.5, 0.6) is 5.75 Å². The molecule has 1 aliphatic rings. The van der Waals surface area contributed by atoms with Gasteiger partial charge in [0.2, 0.25) is 0 Å². The summed E-state index contributed by atoms with van der Waals surface area (Å²) in [5.74, 6) is 0.764. The zero-order valence-electron chi connectivity index (χ0n) is 17.8. The summed E-state index contributed by atoms with van der Waals surface area (Å²) >= 11 is 0. The molecule has 3 aromatic carbocycles. The number of carbonyl (C=O) groups excluding carboxylic acids is 1. The molecule has 3 aromatic rings. The number of hydrogen-bond donors (Lipinski definition) is 1. The van der Waals surface area contributed by atoms with Crippen molar-refractivity contribution >= 4 is 38.8 Å². The predicted octanol–water partition coefficient (Wildman–Crippen LogP) is 4.99. The van der Waals surface area contributed by atoms with Crippen molar-refractivity contribution in [2.24, 2.45) is 4.40 Å². The number of rotatable bonds is 6. The Labute approximate surface area is 187 Å². The fraction of sp³-hybridized carbons (Fsp3) is 0.167. The Morgan fingerprint density at radius 1 is 1.03 bits per heavy atom. The predicted molar refractivity (Wildman–Crippen MR) is 125 cm³/mol. The van der Waals surface area contributed by atoms with Crippen molar-refractivity contribution in [3.05, 3.63) is 78.4 Å². The number of carbonyl (C=O) groups is 1. The maximum atomic E-state index is 13.0. The molecule has 1 amide bonds. The largest absolute Gasteiger partial charge is 0.497 e. The molecule has 4 rings (SSSR count). The van der Waals surface area contributed by atoms with Gasteiger partial charge in [-0.1, -0.05) is 25.1 Å². The molecular weight excluding hydrogens is 426 g/mol. The van der Waals surface area contributed by atoms with Crippen LogP contribution in [0.25, 0.3) is 0 Å². The first-order valence-electron chi connectivity index (χ1n) is 10.2. The highest BCUT2D eigenvalue weighted by atomic mass is 32.2. The first kappa shape index (κ1) is 21.6. The molecule has 0 saturated heterocycles. The van der Waals surface area contributed by atoms with E-state index in [0.717, 1.165) is 12.1 Å². The van der Waals surface area contributed by atoms with Crippen LogP contribution in [-0.4, -0.2) is 27.3 Å². The standard InChI is InChI=1S/C24H23N3O4S/c1-3-7-23-26-32(29,30)22-16-18(25-24(28)17-10-13-20(31-2)14-11-17)12-15-21(22)27(23)19-8-5-4-6-9-19/h4-6,8-16H,3,7H2,1-2H3,(H,25,28). The molecule has 1 heterocycles. The summed E-state index contributed by atoms with van der Waals surface area (Å²) in [6.07, 6.45) is 1.27. The molecule has 8 heteroatoms. The second-order valence-electron chi connectivity index (χ2n) is 7.27. The summed E-state index contributed by atoms with van der Waals surface area (Å²) in [5, 5.41) is 2.76. The van der Waals surface area contributed by atoms with Crippen molar-refractivity contribution < 1.29 is 17.9 Å². The molecule has 0 aliphatic carbocycles. The number of hydrogen-bond acceptors (Lipinski definition) is 5. The summed E-state index contributed by atoms with van der Waals surface area (Å²) in [6.45, 7) is 1.98. The van der Waals surface area contributed by atoms with Gasteiger partial charge in [-0.25, -0.2) is 0 Å². The molecule has 0 bridgehead atoms. The first-order chi connectivity index (χ1) is 15.4. The topological polar surface area (TPSA) is 88.1 Å². The lowest BCUT2D eigenvalue weighted by molar-refractivity contribution is 0.102. The van der Waals surface area contributed by atoms with E-state index in [9.17, 15) is 13.2 Å². The molecule has 0 unspecified atom stereocenters. The summed E-state index contributed by atoms with van der Waals surface area (Å²) < 4.78 is 35.1. The maximum Gasteiger partial charge on any atom is 0.286 e. The summed E-state index contributed by atoms with van der Waals surface area (Å²) in [5.41, 5.74) is 2.14. The highest BCUT2D eigenvalue weighted by Gasteiger charge is 2.31. The Hall–Kier alpha value is -3.65. The average Bonchev–Trinajstić information content (AvgIpc) is 2.80. The molecule has 0 atom stereocenters. The molecular formula is C24H23N3O4S. The first-order valence-corrected chi connectivity index (χ1v) is 11.7. The van der Waals surface area contributed by atoms with E-state index >= 15 is 0 Å². The zero-order chi connectivity index (χ0) is 22.7. The average molecular weight is 450 g/mol. The van der Waals surface area contributed by atoms with Crippen LogP contribution in [0.3, 0.4) is 0 Å². The molecule has 1 N–H and O–H groups in total. The lowest BCUT2D eigenvalue weighted by Crippen LogP contribution is -2.31. The third-order valence-electron chi connectivity index (χ3n) is 5.06. The summed E-state index contributed by atoms with van der Waals surface area (Å²) in [6, 6.07) is 21.0. The van der Waals surface area contributed by atoms with Crippen molar-refractivity contribution in [2.75, 3.05) is 17.3 Å². The maximum absolute atomic E-state index is 13.0. The van der Waals surface area contributed by atoms with Crippen molar-refractivity contribution in [3.8, 4) is 5.75 Å². The number of sulfonamides is 1. The third kappa shape index (κ3) is 4.22. The fourth-order valence-corrected chi connectivity index (χ4v) is 4.79. The number of methoxy groups -OCH3 is 1. The molecule has 0 spiro atoms. The number of benzene rings is 3. The molecule has 0 saturated carbocycles. The van der Waals surface area contributed by atoms with Gasteiger partial charge in [0.15, 0.2) is 0 Å². The van der Waals surface area contributed by atoms with Gasteiger partial charge in [0, 0.05) is 23.4 Å². The van der Waals surface area contributed by atoms with Gasteiger partial charge in [-0.3, -0.25) is 9.69 Å². The number of anilines is 3. The second kappa shape index (κ2) is 8.84. The fourth-order valence-electron chi connectivity index (χ4n) is 3.54. The quantitative estimate of drug-likeness (QED) is 0.573. The number of nitrogens with one attached hydrogen (secondary N) is 1. The number of ether oxygens (including phenoxy) is 1. The van der Waals surface area contributed by atoms with E-state index in [-0.39, 0.29) is 10.8 Å². The van der Waals surface area contributed by atoms with Gasteiger partial charge in [-0.05, 0) is 61.0 Å². The summed E-state index contributed by atoms with van der Waals surface area (Å²) in [7, 11) is -2.36. The smallest absolute Gasteiger partial charge is 0.286 e. The minimum atomic E-state index is -3.91. The summed E-state index contributed by atoms with van der Waals surface area (Å²) in [4.78, 5) is 14.5. The van der Waals surface area contributed by atoms with E-state index in [1.165, 1.54) is 6.07 Å². The van der Waals surface area contributed by atoms with E-state index in [2.05, 4.69) is 9.71 Å². The van der Waals surface area contributed by atoms with E-state index in [1.807, 2.05) is 42.2 Å². The Morgan fingerprint density at radius 3 is 2.41 bits per heavy atom. The number of fused-ring (bicyclic) bond motifs is 1. The second-order valence-corrected chi connectivity index (χ2v) is 8.84. The molecule has 32 heavy (non-hydrogen) atoms. The van der Waals surface area contributed by atoms with Crippen LogP contribution in [0.15, 0.2) is 82.1 Å². The number of amides is 1. The SMILES string of the molecule is CCCC1=NS(=O)(=O)c2cc(NC(=O)c3ccc(OC)cc3)ccc2N1c1ccccc1. The Balaban J connectivity index is 1.71. The Bertz CT molecular complexity index is 1270. The van der Waals surface area contributed by atoms with Crippen LogP contribution >= 0.6 is 0 Å². The van der Waals surface area contributed by atoms with Crippen LogP contribution in [0.4, 0.5) is 17.1 Å². The highest BCUT2D eigenvalue weighted by molar-refractivity contribution is 7.90. The van der Waals surface area contributed by atoms with Crippen molar-refractivity contribution in [3.63, 3.8) is 0 Å². The van der Waals surface area contributed by atoms with Crippen LogP contribution in [0.2, 0.25) is 0 Å². The number of nitrogens with zero attached hydrogens (tertiary/aromatic N) is 2. The van der Waals surface area contributed by atoms with Crippen molar-refractivity contribution in [1.82, 2.24) is 0 Å². The lowest BCUT2D eigenvalue weighted by Gasteiger charge is -2.31. The highest BCUT2D eigenvalue weighted by Crippen LogP contribution is 2.39. The normalized spacial score (nSPS) is 14.3. The minimum absolute atomic E-state index is 0.0498. The molecule has 164 valence electrons. The monoisotopic (exact) mass is 449 g/mol. The number of para-hydroxylation sites is 1. The van der Waals surface area contributed by atoms with Crippen molar-refractivity contribution in [1.29, 1.82) is 0 Å². The minimum Gasteiger partial charge on any atom is -0.497 e. The van der Waals surface area contributed by atoms with Gasteiger partial charge >= 0.3 is 0 Å². The van der Waals surface area contributed by atoms with Gasteiger partial charge < -0.3 is 10.1 Å². The molecule has 7 nitrogen and oxygen atoms in total. The van der Waals surface area contributed by atoms with Crippen LogP contribution in [-0.2, 0) is 10.0 Å².